The summed E-state index contributed by atoms with van der Waals surface area (Å²) in [7, 11) is 0. The van der Waals surface area contributed by atoms with Gasteiger partial charge in [0.2, 0.25) is 0 Å². The molecule has 0 aromatic carbocycles. The Labute approximate surface area is 160 Å². The Bertz CT molecular complexity index is 819. The van der Waals surface area contributed by atoms with Crippen LogP contribution < -0.4 is 5.32 Å². The molecule has 27 heavy (non-hydrogen) atoms. The molecule has 1 amide bonds. The van der Waals surface area contributed by atoms with Gasteiger partial charge in [0.15, 0.2) is 5.65 Å². The number of carbonyl (C=O) groups excluding carboxylic acids is 1. The first-order chi connectivity index (χ1) is 13.1. The van der Waals surface area contributed by atoms with Crippen LogP contribution in [0, 0.1) is 13.8 Å². The Kier molecular flexibility index (Phi) is 5.14. The summed E-state index contributed by atoms with van der Waals surface area (Å²) < 4.78 is 7.28. The van der Waals surface area contributed by atoms with E-state index in [4.69, 9.17) is 4.74 Å². The number of aryl methyl sites for hydroxylation is 2. The normalized spacial score (nSPS) is 20.7. The molecule has 2 aromatic rings. The van der Waals surface area contributed by atoms with Crippen LogP contribution in [0.25, 0.3) is 5.65 Å². The fourth-order valence-electron chi connectivity index (χ4n) is 4.62. The first kappa shape index (κ1) is 18.4. The molecule has 1 saturated carbocycles. The second-order valence-electron chi connectivity index (χ2n) is 7.90. The van der Waals surface area contributed by atoms with Crippen LogP contribution in [0.2, 0.25) is 0 Å². The molecule has 0 spiro atoms. The van der Waals surface area contributed by atoms with Crippen molar-refractivity contribution in [2.24, 2.45) is 0 Å². The van der Waals surface area contributed by atoms with E-state index in [1.165, 1.54) is 19.3 Å². The number of rotatable bonds is 4. The first-order valence-corrected chi connectivity index (χ1v) is 10.0. The Hall–Kier alpha value is -1.99. The minimum atomic E-state index is -0.0827. The highest BCUT2D eigenvalue weighted by molar-refractivity contribution is 5.99. The maximum absolute atomic E-state index is 13.0. The van der Waals surface area contributed by atoms with Gasteiger partial charge in [0.25, 0.3) is 5.91 Å². The smallest absolute Gasteiger partial charge is 0.256 e. The first-order valence-electron chi connectivity index (χ1n) is 10.0. The number of hydrogen-bond donors (Lipinski definition) is 1. The van der Waals surface area contributed by atoms with Gasteiger partial charge in [-0.2, -0.15) is 5.10 Å². The van der Waals surface area contributed by atoms with Crippen molar-refractivity contribution in [3.63, 3.8) is 0 Å². The molecule has 1 aliphatic heterocycles. The van der Waals surface area contributed by atoms with E-state index in [1.807, 2.05) is 19.9 Å². The van der Waals surface area contributed by atoms with Crippen LogP contribution in [0.1, 0.15) is 53.8 Å². The average molecular weight is 371 g/mol. The van der Waals surface area contributed by atoms with E-state index in [0.717, 1.165) is 50.5 Å². The molecule has 146 valence electrons. The van der Waals surface area contributed by atoms with Gasteiger partial charge < -0.3 is 10.1 Å². The maximum Gasteiger partial charge on any atom is 0.256 e. The summed E-state index contributed by atoms with van der Waals surface area (Å²) in [4.78, 5) is 20.0. The van der Waals surface area contributed by atoms with Crippen molar-refractivity contribution in [1.29, 1.82) is 0 Å². The lowest BCUT2D eigenvalue weighted by atomic mass is 9.79. The van der Waals surface area contributed by atoms with E-state index >= 15 is 0 Å². The summed E-state index contributed by atoms with van der Waals surface area (Å²) in [5.74, 6) is -0.0827. The molecule has 0 atom stereocenters. The third kappa shape index (κ3) is 3.58. The van der Waals surface area contributed by atoms with Gasteiger partial charge in [-0.25, -0.2) is 9.50 Å². The molecule has 2 aromatic heterocycles. The fourth-order valence-corrected chi connectivity index (χ4v) is 4.62. The van der Waals surface area contributed by atoms with Gasteiger partial charge in [-0.05, 0) is 32.8 Å². The predicted molar refractivity (Wildman–Crippen MR) is 103 cm³/mol. The zero-order valence-electron chi connectivity index (χ0n) is 16.3. The molecular formula is C20H29N5O2. The van der Waals surface area contributed by atoms with Crippen LogP contribution >= 0.6 is 0 Å². The zero-order chi connectivity index (χ0) is 18.9. The summed E-state index contributed by atoms with van der Waals surface area (Å²) in [5, 5.41) is 7.56. The largest absolute Gasteiger partial charge is 0.379 e. The third-order valence-electron chi connectivity index (χ3n) is 6.07. The second kappa shape index (κ2) is 7.56. The highest BCUT2D eigenvalue weighted by Crippen LogP contribution is 2.34. The predicted octanol–water partition coefficient (Wildman–Crippen LogP) is 2.11. The van der Waals surface area contributed by atoms with Crippen LogP contribution in [-0.2, 0) is 4.74 Å². The van der Waals surface area contributed by atoms with E-state index in [1.54, 1.807) is 10.7 Å². The molecule has 4 rings (SSSR count). The van der Waals surface area contributed by atoms with Gasteiger partial charge in [0.1, 0.15) is 5.56 Å². The van der Waals surface area contributed by atoms with Crippen molar-refractivity contribution in [2.75, 3.05) is 32.8 Å². The molecule has 2 aliphatic rings. The van der Waals surface area contributed by atoms with Crippen molar-refractivity contribution in [1.82, 2.24) is 24.8 Å². The Morgan fingerprint density at radius 1 is 1.22 bits per heavy atom. The third-order valence-corrected chi connectivity index (χ3v) is 6.07. The number of carbonyl (C=O) groups is 1. The minimum absolute atomic E-state index is 0.0555. The van der Waals surface area contributed by atoms with Gasteiger partial charge >= 0.3 is 0 Å². The molecule has 1 N–H and O–H groups in total. The second-order valence-corrected chi connectivity index (χ2v) is 7.90. The van der Waals surface area contributed by atoms with Crippen LogP contribution in [-0.4, -0.2) is 63.8 Å². The quantitative estimate of drug-likeness (QED) is 0.891. The van der Waals surface area contributed by atoms with Crippen molar-refractivity contribution >= 4 is 11.6 Å². The van der Waals surface area contributed by atoms with Crippen LogP contribution in [0.3, 0.4) is 0 Å². The Morgan fingerprint density at radius 3 is 2.70 bits per heavy atom. The lowest BCUT2D eigenvalue weighted by Crippen LogP contribution is -2.59. The fraction of sp³-hybridized carbons (Fsp3) is 0.650. The van der Waals surface area contributed by atoms with Crippen molar-refractivity contribution in [2.45, 2.75) is 51.5 Å². The Morgan fingerprint density at radius 2 is 1.96 bits per heavy atom. The number of morpholine rings is 1. The summed E-state index contributed by atoms with van der Waals surface area (Å²) in [5.41, 5.74) is 3.11. The minimum Gasteiger partial charge on any atom is -0.379 e. The molecule has 7 heteroatoms. The molecule has 0 radical (unpaired) electrons. The number of aromatic nitrogens is 3. The lowest BCUT2D eigenvalue weighted by molar-refractivity contribution is -0.0361. The molecule has 3 heterocycles. The van der Waals surface area contributed by atoms with Gasteiger partial charge in [0, 0.05) is 36.6 Å². The highest BCUT2D eigenvalue weighted by Gasteiger charge is 2.39. The monoisotopic (exact) mass is 371 g/mol. The average Bonchev–Trinajstić information content (AvgIpc) is 3.12. The van der Waals surface area contributed by atoms with Crippen LogP contribution in [0.15, 0.2) is 12.3 Å². The molecular weight excluding hydrogens is 342 g/mol. The molecule has 0 unspecified atom stereocenters. The molecule has 7 nitrogen and oxygen atoms in total. The van der Waals surface area contributed by atoms with E-state index < -0.39 is 0 Å². The van der Waals surface area contributed by atoms with Gasteiger partial charge in [-0.15, -0.1) is 0 Å². The van der Waals surface area contributed by atoms with E-state index in [9.17, 15) is 4.79 Å². The van der Waals surface area contributed by atoms with Gasteiger partial charge in [0.05, 0.1) is 19.4 Å². The number of ether oxygens (including phenoxy) is 1. The van der Waals surface area contributed by atoms with Gasteiger partial charge in [-0.1, -0.05) is 19.3 Å². The topological polar surface area (TPSA) is 71.8 Å². The summed E-state index contributed by atoms with van der Waals surface area (Å²) in [6, 6.07) is 1.97. The van der Waals surface area contributed by atoms with Crippen molar-refractivity contribution in [3.05, 3.63) is 29.2 Å². The molecule has 1 saturated heterocycles. The van der Waals surface area contributed by atoms with Crippen molar-refractivity contribution in [3.8, 4) is 0 Å². The summed E-state index contributed by atoms with van der Waals surface area (Å²) in [6.07, 6.45) is 7.65. The zero-order valence-corrected chi connectivity index (χ0v) is 16.3. The number of nitrogens with one attached hydrogen (secondary N) is 1. The number of amides is 1. The number of nitrogens with zero attached hydrogens (tertiary/aromatic N) is 4. The highest BCUT2D eigenvalue weighted by atomic mass is 16.5. The number of fused-ring (bicyclic) bond motifs is 1. The Balaban J connectivity index is 1.53. The standard InChI is InChI=1S/C20H29N5O2/c1-15-12-16(2)25-18(23-15)17(13-22-25)19(26)21-14-20(6-4-3-5-7-20)24-8-10-27-11-9-24/h12-13H,3-11,14H2,1-2H3,(H,21,26). The molecule has 2 fully saturated rings. The van der Waals surface area contributed by atoms with E-state index in [2.05, 4.69) is 20.3 Å². The lowest BCUT2D eigenvalue weighted by Gasteiger charge is -2.48. The van der Waals surface area contributed by atoms with E-state index in [0.29, 0.717) is 17.8 Å². The molecule has 0 bridgehead atoms. The number of hydrogen-bond acceptors (Lipinski definition) is 5. The van der Waals surface area contributed by atoms with Gasteiger partial charge in [-0.3, -0.25) is 9.69 Å². The van der Waals surface area contributed by atoms with E-state index in [-0.39, 0.29) is 11.4 Å². The maximum atomic E-state index is 13.0. The van der Waals surface area contributed by atoms with Crippen molar-refractivity contribution < 1.29 is 9.53 Å². The SMILES string of the molecule is Cc1cc(C)n2ncc(C(=O)NCC3(N4CCOCC4)CCCCC3)c2n1. The summed E-state index contributed by atoms with van der Waals surface area (Å²) in [6.45, 7) is 8.06. The summed E-state index contributed by atoms with van der Waals surface area (Å²) >= 11 is 0. The molecule has 1 aliphatic carbocycles. The van der Waals surface area contributed by atoms with Crippen LogP contribution in [0.4, 0.5) is 0 Å². The van der Waals surface area contributed by atoms with Crippen LogP contribution in [0.5, 0.6) is 0 Å².